The molecule has 2 aromatic rings. The zero-order valence-corrected chi connectivity index (χ0v) is 24.1. The number of carbonyl (C=O) groups is 1. The van der Waals surface area contributed by atoms with E-state index >= 15 is 8.78 Å². The molecule has 7 heteroatoms. The molecule has 0 bridgehead atoms. The molecular formula is C34H43F3O4. The van der Waals surface area contributed by atoms with E-state index in [1.807, 2.05) is 13.0 Å². The Bertz CT molecular complexity index is 1170. The number of carbonyl (C=O) groups excluding carboxylic acids is 1. The van der Waals surface area contributed by atoms with Gasteiger partial charge in [-0.3, -0.25) is 0 Å². The normalized spacial score (nSPS) is 23.5. The predicted molar refractivity (Wildman–Crippen MR) is 154 cm³/mol. The van der Waals surface area contributed by atoms with Crippen LogP contribution in [0.15, 0.2) is 43.0 Å². The summed E-state index contributed by atoms with van der Waals surface area (Å²) in [5, 5.41) is 10.3. The van der Waals surface area contributed by atoms with Gasteiger partial charge in [-0.05, 0) is 118 Å². The number of aliphatic hydroxyl groups is 1. The zero-order chi connectivity index (χ0) is 29.4. The number of rotatable bonds is 12. The van der Waals surface area contributed by atoms with E-state index in [0.29, 0.717) is 50.7 Å². The van der Waals surface area contributed by atoms with Gasteiger partial charge in [0.05, 0.1) is 18.3 Å². The minimum absolute atomic E-state index is 0.126. The van der Waals surface area contributed by atoms with Gasteiger partial charge in [0.15, 0.2) is 23.2 Å². The van der Waals surface area contributed by atoms with Gasteiger partial charge in [-0.1, -0.05) is 31.6 Å². The third-order valence-electron chi connectivity index (χ3n) is 8.86. The van der Waals surface area contributed by atoms with Gasteiger partial charge in [0.25, 0.3) is 0 Å². The first kappa shape index (κ1) is 31.1. The molecule has 1 unspecified atom stereocenters. The molecule has 1 N–H and O–H groups in total. The van der Waals surface area contributed by atoms with E-state index in [-0.39, 0.29) is 35.2 Å². The van der Waals surface area contributed by atoms with Gasteiger partial charge in [-0.25, -0.2) is 18.0 Å². The highest BCUT2D eigenvalue weighted by Gasteiger charge is 2.31. The summed E-state index contributed by atoms with van der Waals surface area (Å²) >= 11 is 0. The van der Waals surface area contributed by atoms with E-state index < -0.39 is 29.5 Å². The lowest BCUT2D eigenvalue weighted by molar-refractivity contribution is 0.0189. The van der Waals surface area contributed by atoms with Crippen LogP contribution in [-0.2, 0) is 4.74 Å². The van der Waals surface area contributed by atoms with Crippen molar-refractivity contribution in [2.45, 2.75) is 108 Å². The Kier molecular flexibility index (Phi) is 11.3. The summed E-state index contributed by atoms with van der Waals surface area (Å²) in [6.45, 7) is 6.13. The molecule has 224 valence electrons. The molecule has 0 heterocycles. The van der Waals surface area contributed by atoms with Crippen molar-refractivity contribution in [2.24, 2.45) is 5.92 Å². The molecule has 2 aromatic carbocycles. The molecule has 0 spiro atoms. The maximum Gasteiger partial charge on any atom is 0.341 e. The maximum atomic E-state index is 15.1. The zero-order valence-electron chi connectivity index (χ0n) is 24.1. The molecule has 2 saturated carbocycles. The van der Waals surface area contributed by atoms with Gasteiger partial charge < -0.3 is 14.6 Å². The second-order valence-corrected chi connectivity index (χ2v) is 11.6. The van der Waals surface area contributed by atoms with E-state index in [2.05, 4.69) is 6.58 Å². The third-order valence-corrected chi connectivity index (χ3v) is 8.86. The van der Waals surface area contributed by atoms with Gasteiger partial charge >= 0.3 is 5.97 Å². The van der Waals surface area contributed by atoms with E-state index in [4.69, 9.17) is 9.47 Å². The van der Waals surface area contributed by atoms with E-state index in [0.717, 1.165) is 44.1 Å². The first-order chi connectivity index (χ1) is 19.8. The molecule has 0 aliphatic heterocycles. The van der Waals surface area contributed by atoms with Crippen molar-refractivity contribution in [3.8, 4) is 5.75 Å². The van der Waals surface area contributed by atoms with Crippen LogP contribution < -0.4 is 4.74 Å². The number of hydrogen-bond acceptors (Lipinski definition) is 4. The van der Waals surface area contributed by atoms with Crippen LogP contribution in [0.25, 0.3) is 0 Å². The van der Waals surface area contributed by atoms with Gasteiger partial charge in [-0.15, -0.1) is 6.58 Å². The van der Waals surface area contributed by atoms with E-state index in [1.165, 1.54) is 18.2 Å². The Labute approximate surface area is 241 Å². The topological polar surface area (TPSA) is 55.8 Å². The van der Waals surface area contributed by atoms with Crippen molar-refractivity contribution < 1.29 is 32.5 Å². The van der Waals surface area contributed by atoms with Crippen LogP contribution in [0.3, 0.4) is 0 Å². The summed E-state index contributed by atoms with van der Waals surface area (Å²) < 4.78 is 55.8. The number of benzene rings is 2. The molecule has 2 fully saturated rings. The van der Waals surface area contributed by atoms with Crippen molar-refractivity contribution in [2.75, 3.05) is 6.61 Å². The highest BCUT2D eigenvalue weighted by Crippen LogP contribution is 2.40. The van der Waals surface area contributed by atoms with Crippen LogP contribution >= 0.6 is 0 Å². The minimum atomic E-state index is -1.16. The third kappa shape index (κ3) is 7.94. The monoisotopic (exact) mass is 572 g/mol. The predicted octanol–water partition coefficient (Wildman–Crippen LogP) is 8.77. The smallest absolute Gasteiger partial charge is 0.341 e. The van der Waals surface area contributed by atoms with Crippen molar-refractivity contribution in [3.05, 3.63) is 77.1 Å². The van der Waals surface area contributed by atoms with Gasteiger partial charge in [0.2, 0.25) is 0 Å². The second kappa shape index (κ2) is 14.9. The van der Waals surface area contributed by atoms with Crippen molar-refractivity contribution in [3.63, 3.8) is 0 Å². The summed E-state index contributed by atoms with van der Waals surface area (Å²) in [5.74, 6) is -2.94. The number of ether oxygens (including phenoxy) is 2. The summed E-state index contributed by atoms with van der Waals surface area (Å²) in [5.41, 5.74) is 0.790. The number of allylic oxidation sites excluding steroid dienone is 1. The molecule has 2 aliphatic rings. The molecule has 4 rings (SSSR count). The van der Waals surface area contributed by atoms with Gasteiger partial charge in [0.1, 0.15) is 6.10 Å². The lowest BCUT2D eigenvalue weighted by atomic mass is 9.76. The SMILES string of the molecule is C=CCCCOc1ccc(C2CCC(OC(=O)c3ccc(C4CCC(C(O)CCC)CC4)c(F)c3F)CC2)cc1F. The summed E-state index contributed by atoms with van der Waals surface area (Å²) in [6.07, 6.45) is 9.77. The number of aliphatic hydroxyl groups excluding tert-OH is 1. The van der Waals surface area contributed by atoms with Crippen molar-refractivity contribution >= 4 is 5.97 Å². The fourth-order valence-corrected chi connectivity index (χ4v) is 6.41. The Balaban J connectivity index is 1.28. The molecule has 0 radical (unpaired) electrons. The molecular weight excluding hydrogens is 529 g/mol. The summed E-state index contributed by atoms with van der Waals surface area (Å²) in [7, 11) is 0. The Morgan fingerprint density at radius 2 is 1.71 bits per heavy atom. The molecule has 0 amide bonds. The van der Waals surface area contributed by atoms with Gasteiger partial charge in [-0.2, -0.15) is 0 Å². The standard InChI is InChI=1S/C34H43F3O4/c1-3-5-6-20-40-31-19-14-25(21-29(31)35)22-12-15-26(16-13-22)41-34(39)28-18-17-27(32(36)33(28)37)23-8-10-24(11-9-23)30(38)7-4-2/h3,14,17-19,21-24,26,30,38H,1,4-13,15-16,20H2,2H3. The van der Waals surface area contributed by atoms with Crippen LogP contribution in [-0.4, -0.2) is 29.9 Å². The number of unbranched alkanes of at least 4 members (excludes halogenated alkanes) is 1. The van der Waals surface area contributed by atoms with E-state index in [9.17, 15) is 14.3 Å². The van der Waals surface area contributed by atoms with Crippen LogP contribution in [0.2, 0.25) is 0 Å². The fourth-order valence-electron chi connectivity index (χ4n) is 6.41. The van der Waals surface area contributed by atoms with Gasteiger partial charge in [0, 0.05) is 0 Å². The van der Waals surface area contributed by atoms with E-state index in [1.54, 1.807) is 12.1 Å². The lowest BCUT2D eigenvalue weighted by Gasteiger charge is -2.32. The molecule has 4 nitrogen and oxygen atoms in total. The maximum absolute atomic E-state index is 15.1. The number of esters is 1. The Morgan fingerprint density at radius 1 is 1.00 bits per heavy atom. The Hall–Kier alpha value is -2.80. The molecule has 1 atom stereocenters. The summed E-state index contributed by atoms with van der Waals surface area (Å²) in [4.78, 5) is 12.8. The first-order valence-electron chi connectivity index (χ1n) is 15.2. The lowest BCUT2D eigenvalue weighted by Crippen LogP contribution is -2.26. The van der Waals surface area contributed by atoms with Crippen LogP contribution in [0, 0.1) is 23.4 Å². The average molecular weight is 573 g/mol. The fraction of sp³-hybridized carbons (Fsp3) is 0.559. The number of hydrogen-bond donors (Lipinski definition) is 1. The second-order valence-electron chi connectivity index (χ2n) is 11.6. The Morgan fingerprint density at radius 3 is 2.37 bits per heavy atom. The van der Waals surface area contributed by atoms with Crippen molar-refractivity contribution in [1.29, 1.82) is 0 Å². The van der Waals surface area contributed by atoms with Crippen molar-refractivity contribution in [1.82, 2.24) is 0 Å². The summed E-state index contributed by atoms with van der Waals surface area (Å²) in [6, 6.07) is 7.90. The van der Waals surface area contributed by atoms with Crippen LogP contribution in [0.4, 0.5) is 13.2 Å². The highest BCUT2D eigenvalue weighted by molar-refractivity contribution is 5.90. The molecule has 2 aliphatic carbocycles. The first-order valence-corrected chi connectivity index (χ1v) is 15.2. The minimum Gasteiger partial charge on any atom is -0.491 e. The quantitative estimate of drug-likeness (QED) is 0.157. The highest BCUT2D eigenvalue weighted by atomic mass is 19.2. The molecule has 41 heavy (non-hydrogen) atoms. The van der Waals surface area contributed by atoms with Crippen LogP contribution in [0.1, 0.15) is 117 Å². The van der Waals surface area contributed by atoms with Crippen LogP contribution in [0.5, 0.6) is 5.75 Å². The molecule has 0 aromatic heterocycles. The average Bonchev–Trinajstić information content (AvgIpc) is 2.98. The largest absolute Gasteiger partial charge is 0.491 e. The number of halogens is 3. The molecule has 0 saturated heterocycles.